The van der Waals surface area contributed by atoms with Crippen molar-refractivity contribution in [3.05, 3.63) is 47.8 Å². The highest BCUT2D eigenvalue weighted by Gasteiger charge is 2.29. The van der Waals surface area contributed by atoms with Crippen LogP contribution in [-0.2, 0) is 0 Å². The molecular weight excluding hydrogens is 290 g/mol. The molecule has 5 heteroatoms. The molecule has 1 unspecified atom stereocenters. The lowest BCUT2D eigenvalue weighted by Crippen LogP contribution is -2.15. The fourth-order valence-electron chi connectivity index (χ4n) is 3.41. The zero-order valence-electron chi connectivity index (χ0n) is 13.5. The second-order valence-corrected chi connectivity index (χ2v) is 5.86. The number of hydrogen-bond donors (Lipinski definition) is 1. The number of ether oxygens (including phenoxy) is 2. The van der Waals surface area contributed by atoms with Crippen LogP contribution in [0.4, 0.5) is 5.69 Å². The van der Waals surface area contributed by atoms with E-state index >= 15 is 0 Å². The quantitative estimate of drug-likeness (QED) is 0.807. The number of benzene rings is 1. The van der Waals surface area contributed by atoms with Crippen LogP contribution in [0.3, 0.4) is 0 Å². The fraction of sp³-hybridized carbons (Fsp3) is 0.278. The lowest BCUT2D eigenvalue weighted by Gasteiger charge is -2.11. The Hall–Kier alpha value is -2.69. The Morgan fingerprint density at radius 2 is 2.04 bits per heavy atom. The standard InChI is InChI=1S/C18H19N3O2/c1-21-10-14(12-8-11(22-2)4-5-16(12)21)15-9-13-17(23-3)6-7-19-18(13)20-15/h4-9,14H,10H2,1-3H3,(H,19,20). The Morgan fingerprint density at radius 1 is 1.17 bits per heavy atom. The lowest BCUT2D eigenvalue weighted by atomic mass is 9.97. The molecule has 0 fully saturated rings. The highest BCUT2D eigenvalue weighted by atomic mass is 16.5. The number of hydrogen-bond acceptors (Lipinski definition) is 4. The molecule has 2 aromatic heterocycles. The van der Waals surface area contributed by atoms with Crippen LogP contribution in [0.15, 0.2) is 36.5 Å². The molecule has 4 rings (SSSR count). The number of aromatic nitrogens is 2. The van der Waals surface area contributed by atoms with Crippen molar-refractivity contribution in [3.63, 3.8) is 0 Å². The molecule has 118 valence electrons. The van der Waals surface area contributed by atoms with Crippen LogP contribution in [0.2, 0.25) is 0 Å². The average Bonchev–Trinajstić information content (AvgIpc) is 3.15. The van der Waals surface area contributed by atoms with Gasteiger partial charge in [0.25, 0.3) is 0 Å². The summed E-state index contributed by atoms with van der Waals surface area (Å²) in [6.45, 7) is 0.928. The van der Waals surface area contributed by atoms with E-state index in [1.54, 1.807) is 20.4 Å². The van der Waals surface area contributed by atoms with Gasteiger partial charge < -0.3 is 19.4 Å². The number of likely N-dealkylation sites (N-methyl/N-ethyl adjacent to an activating group) is 1. The van der Waals surface area contributed by atoms with Crippen molar-refractivity contribution >= 4 is 16.7 Å². The summed E-state index contributed by atoms with van der Waals surface area (Å²) in [5, 5.41) is 1.02. The van der Waals surface area contributed by atoms with Crippen molar-refractivity contribution < 1.29 is 9.47 Å². The second-order valence-electron chi connectivity index (χ2n) is 5.86. The Morgan fingerprint density at radius 3 is 2.83 bits per heavy atom. The number of methoxy groups -OCH3 is 2. The van der Waals surface area contributed by atoms with Gasteiger partial charge in [-0.15, -0.1) is 0 Å². The Labute approximate surface area is 134 Å². The highest BCUT2D eigenvalue weighted by Crippen LogP contribution is 2.42. The number of H-pyrrole nitrogens is 1. The van der Waals surface area contributed by atoms with Crippen LogP contribution in [0.1, 0.15) is 17.2 Å². The molecule has 3 aromatic rings. The number of nitrogens with one attached hydrogen (secondary N) is 1. The number of aromatic amines is 1. The molecule has 1 aliphatic heterocycles. The smallest absolute Gasteiger partial charge is 0.141 e. The van der Waals surface area contributed by atoms with E-state index in [9.17, 15) is 0 Å². The molecule has 0 radical (unpaired) electrons. The van der Waals surface area contributed by atoms with E-state index in [0.717, 1.165) is 34.8 Å². The summed E-state index contributed by atoms with van der Waals surface area (Å²) in [6, 6.07) is 10.3. The van der Waals surface area contributed by atoms with E-state index in [-0.39, 0.29) is 5.92 Å². The third kappa shape index (κ3) is 2.11. The minimum Gasteiger partial charge on any atom is -0.497 e. The zero-order chi connectivity index (χ0) is 16.0. The number of rotatable bonds is 3. The number of nitrogens with zero attached hydrogens (tertiary/aromatic N) is 2. The van der Waals surface area contributed by atoms with Crippen molar-refractivity contribution in [3.8, 4) is 11.5 Å². The number of pyridine rings is 1. The molecule has 0 bridgehead atoms. The summed E-state index contributed by atoms with van der Waals surface area (Å²) in [5.74, 6) is 1.99. The lowest BCUT2D eigenvalue weighted by molar-refractivity contribution is 0.414. The highest BCUT2D eigenvalue weighted by molar-refractivity contribution is 5.84. The molecule has 3 heterocycles. The molecule has 0 spiro atoms. The number of fused-ring (bicyclic) bond motifs is 2. The van der Waals surface area contributed by atoms with Crippen LogP contribution >= 0.6 is 0 Å². The van der Waals surface area contributed by atoms with Crippen molar-refractivity contribution in [2.24, 2.45) is 0 Å². The SMILES string of the molecule is COc1ccc2c(c1)C(c1cc3c(OC)ccnc3[nH]1)CN2C. The van der Waals surface area contributed by atoms with Crippen molar-refractivity contribution in [2.45, 2.75) is 5.92 Å². The minimum absolute atomic E-state index is 0.268. The first-order valence-corrected chi connectivity index (χ1v) is 7.62. The molecule has 0 aliphatic carbocycles. The maximum absolute atomic E-state index is 5.44. The van der Waals surface area contributed by atoms with Crippen molar-refractivity contribution in [1.82, 2.24) is 9.97 Å². The molecule has 1 aromatic carbocycles. The molecule has 0 saturated carbocycles. The monoisotopic (exact) mass is 309 g/mol. The van der Waals surface area contributed by atoms with Gasteiger partial charge >= 0.3 is 0 Å². The van der Waals surface area contributed by atoms with Gasteiger partial charge in [0, 0.05) is 37.1 Å². The summed E-state index contributed by atoms with van der Waals surface area (Å²) >= 11 is 0. The maximum Gasteiger partial charge on any atom is 0.141 e. The van der Waals surface area contributed by atoms with Crippen LogP contribution in [0.25, 0.3) is 11.0 Å². The van der Waals surface area contributed by atoms with E-state index in [4.69, 9.17) is 9.47 Å². The Kier molecular flexibility index (Phi) is 3.15. The van der Waals surface area contributed by atoms with E-state index in [1.165, 1.54) is 11.3 Å². The Bertz CT molecular complexity index is 872. The first kappa shape index (κ1) is 13.9. The van der Waals surface area contributed by atoms with Gasteiger partial charge in [-0.1, -0.05) is 0 Å². The van der Waals surface area contributed by atoms with E-state index in [2.05, 4.69) is 40.1 Å². The maximum atomic E-state index is 5.44. The largest absolute Gasteiger partial charge is 0.497 e. The molecule has 0 amide bonds. The van der Waals surface area contributed by atoms with Crippen LogP contribution < -0.4 is 14.4 Å². The molecule has 0 saturated heterocycles. The van der Waals surface area contributed by atoms with Crippen molar-refractivity contribution in [2.75, 3.05) is 32.7 Å². The summed E-state index contributed by atoms with van der Waals surface area (Å²) in [4.78, 5) is 10.1. The van der Waals surface area contributed by atoms with Crippen molar-refractivity contribution in [1.29, 1.82) is 0 Å². The first-order chi connectivity index (χ1) is 11.2. The van der Waals surface area contributed by atoms with Gasteiger partial charge in [0.05, 0.1) is 19.6 Å². The topological polar surface area (TPSA) is 50.4 Å². The van der Waals surface area contributed by atoms with Gasteiger partial charge in [0.2, 0.25) is 0 Å². The minimum atomic E-state index is 0.268. The zero-order valence-corrected chi connectivity index (χ0v) is 13.5. The summed E-state index contributed by atoms with van der Waals surface area (Å²) < 4.78 is 10.8. The molecule has 1 N–H and O–H groups in total. The molecule has 5 nitrogen and oxygen atoms in total. The molecule has 1 aliphatic rings. The molecule has 23 heavy (non-hydrogen) atoms. The predicted octanol–water partition coefficient (Wildman–Crippen LogP) is 3.16. The summed E-state index contributed by atoms with van der Waals surface area (Å²) in [6.07, 6.45) is 1.76. The third-order valence-corrected chi connectivity index (χ3v) is 4.59. The second kappa shape index (κ2) is 5.19. The van der Waals surface area contributed by atoms with E-state index < -0.39 is 0 Å². The first-order valence-electron chi connectivity index (χ1n) is 7.62. The van der Waals surface area contributed by atoms with Gasteiger partial charge in [-0.2, -0.15) is 0 Å². The van der Waals surface area contributed by atoms with Crippen LogP contribution in [0.5, 0.6) is 11.5 Å². The third-order valence-electron chi connectivity index (χ3n) is 4.59. The normalized spacial score (nSPS) is 16.7. The summed E-state index contributed by atoms with van der Waals surface area (Å²) in [5.41, 5.74) is 4.53. The van der Waals surface area contributed by atoms with Gasteiger partial charge in [-0.3, -0.25) is 0 Å². The molecule has 1 atom stereocenters. The van der Waals surface area contributed by atoms with Gasteiger partial charge in [-0.25, -0.2) is 4.98 Å². The van der Waals surface area contributed by atoms with E-state index in [0.29, 0.717) is 0 Å². The Balaban J connectivity index is 1.84. The predicted molar refractivity (Wildman–Crippen MR) is 90.8 cm³/mol. The van der Waals surface area contributed by atoms with Crippen LogP contribution in [0, 0.1) is 0 Å². The average molecular weight is 309 g/mol. The molecular formula is C18H19N3O2. The van der Waals surface area contributed by atoms with Gasteiger partial charge in [0.1, 0.15) is 17.1 Å². The number of anilines is 1. The van der Waals surface area contributed by atoms with Gasteiger partial charge in [-0.05, 0) is 35.9 Å². The fourth-order valence-corrected chi connectivity index (χ4v) is 3.41. The van der Waals surface area contributed by atoms with Crippen LogP contribution in [-0.4, -0.2) is 37.8 Å². The van der Waals surface area contributed by atoms with Gasteiger partial charge in [0.15, 0.2) is 0 Å². The van der Waals surface area contributed by atoms with E-state index in [1.807, 2.05) is 12.1 Å². The summed E-state index contributed by atoms with van der Waals surface area (Å²) in [7, 11) is 5.50.